The molecule has 0 bridgehead atoms. The molecular weight excluding hydrogens is 846 g/mol. The third kappa shape index (κ3) is 10.1. The zero-order chi connectivity index (χ0) is 47.0. The van der Waals surface area contributed by atoms with E-state index in [9.17, 15) is 28.7 Å². The summed E-state index contributed by atoms with van der Waals surface area (Å²) >= 11 is 0. The van der Waals surface area contributed by atoms with Crippen LogP contribution in [0.25, 0.3) is 22.6 Å². The number of hydrogen-bond donors (Lipinski definition) is 2. The molecule has 1 aromatic heterocycles. The maximum atomic E-state index is 13.8. The molecule has 3 amide bonds. The third-order valence-corrected chi connectivity index (χ3v) is 13.2. The molecule has 67 heavy (non-hydrogen) atoms. The number of benzene rings is 6. The minimum Gasteiger partial charge on any atom is -0.481 e. The number of aryl methyl sites for hydroxylation is 1. The molecule has 6 aromatic carbocycles. The number of aliphatic carboxylic acids is 1. The predicted octanol–water partition coefficient (Wildman–Crippen LogP) is 9.85. The fraction of sp³-hybridized carbons (Fsp3) is 0.236. The van der Waals surface area contributed by atoms with Crippen molar-refractivity contribution in [1.82, 2.24) is 25.3 Å². The van der Waals surface area contributed by atoms with Gasteiger partial charge in [0.15, 0.2) is 5.82 Å². The third-order valence-electron chi connectivity index (χ3n) is 13.2. The van der Waals surface area contributed by atoms with Gasteiger partial charge >= 0.3 is 5.97 Å². The molecule has 340 valence electrons. The topological polar surface area (TPSA) is 146 Å². The molecule has 2 saturated heterocycles. The highest BCUT2D eigenvalue weighted by atomic mass is 19.1. The van der Waals surface area contributed by atoms with E-state index < -0.39 is 16.8 Å². The number of piperidine rings is 2. The Balaban J connectivity index is 0.000000186. The molecule has 12 heteroatoms. The van der Waals surface area contributed by atoms with E-state index in [2.05, 4.69) is 15.5 Å². The molecular formula is C55H52FN5O6. The lowest BCUT2D eigenvalue weighted by atomic mass is 9.71. The van der Waals surface area contributed by atoms with E-state index in [1.807, 2.05) is 127 Å². The predicted molar refractivity (Wildman–Crippen MR) is 253 cm³/mol. The highest BCUT2D eigenvalue weighted by molar-refractivity contribution is 5.96. The second-order valence-electron chi connectivity index (χ2n) is 17.2. The number of amides is 3. The van der Waals surface area contributed by atoms with Crippen LogP contribution in [0.15, 0.2) is 168 Å². The van der Waals surface area contributed by atoms with Gasteiger partial charge in [0, 0.05) is 42.9 Å². The molecule has 11 nitrogen and oxygen atoms in total. The van der Waals surface area contributed by atoms with Gasteiger partial charge in [-0.3, -0.25) is 19.2 Å². The van der Waals surface area contributed by atoms with Crippen LogP contribution in [0.3, 0.4) is 0 Å². The smallest absolute Gasteiger partial charge is 0.314 e. The van der Waals surface area contributed by atoms with Crippen LogP contribution >= 0.6 is 0 Å². The van der Waals surface area contributed by atoms with Crippen molar-refractivity contribution in [2.45, 2.75) is 56.4 Å². The number of nitrogens with one attached hydrogen (secondary N) is 1. The second-order valence-corrected chi connectivity index (χ2v) is 17.2. The van der Waals surface area contributed by atoms with Gasteiger partial charge in [0.05, 0.1) is 16.9 Å². The first kappa shape index (κ1) is 45.8. The Morgan fingerprint density at radius 1 is 0.597 bits per heavy atom. The first-order chi connectivity index (χ1) is 32.5. The molecule has 0 radical (unpaired) electrons. The molecule has 0 unspecified atom stereocenters. The lowest BCUT2D eigenvalue weighted by molar-refractivity contribution is -0.145. The molecule has 0 aliphatic carbocycles. The quantitative estimate of drug-likeness (QED) is 0.138. The summed E-state index contributed by atoms with van der Waals surface area (Å²) in [7, 11) is 0. The maximum absolute atomic E-state index is 13.8. The summed E-state index contributed by atoms with van der Waals surface area (Å²) in [4.78, 5) is 59.9. The number of likely N-dealkylation sites (tertiary alicyclic amines) is 2. The van der Waals surface area contributed by atoms with Gasteiger partial charge in [0.1, 0.15) is 5.82 Å². The lowest BCUT2D eigenvalue weighted by Gasteiger charge is -2.41. The molecule has 1 atom stereocenters. The lowest BCUT2D eigenvalue weighted by Crippen LogP contribution is -2.53. The molecule has 0 spiro atoms. The van der Waals surface area contributed by atoms with Crippen molar-refractivity contribution >= 4 is 23.7 Å². The monoisotopic (exact) mass is 897 g/mol. The highest BCUT2D eigenvalue weighted by Crippen LogP contribution is 2.38. The Morgan fingerprint density at radius 3 is 1.46 bits per heavy atom. The zero-order valence-corrected chi connectivity index (χ0v) is 37.5. The van der Waals surface area contributed by atoms with Gasteiger partial charge in [-0.05, 0) is 116 Å². The van der Waals surface area contributed by atoms with Crippen LogP contribution in [-0.4, -0.2) is 74.9 Å². The summed E-state index contributed by atoms with van der Waals surface area (Å²) in [6.45, 7) is 5.53. The molecule has 3 heterocycles. The summed E-state index contributed by atoms with van der Waals surface area (Å²) in [5.74, 6) is -0.291. The summed E-state index contributed by atoms with van der Waals surface area (Å²) in [6.07, 6.45) is 1.86. The Kier molecular flexibility index (Phi) is 13.8. The number of aromatic nitrogens is 2. The number of halogens is 1. The SMILES string of the molecule is Cc1noc(-c2ccc(C(=O)N3CCC(C(=O)N[C@@H](C)c4ccccc4)(c4ccccc4)CC3)cc2)n1.O=C(c1ccc(-c2ccc(F)cc2)cc1)N1CCC(C(=O)O)(c2ccccc2)CC1. The summed E-state index contributed by atoms with van der Waals surface area (Å²) in [6, 6.07) is 49.6. The van der Waals surface area contributed by atoms with Crippen molar-refractivity contribution < 1.29 is 33.2 Å². The normalized spacial score (nSPS) is 15.6. The Bertz CT molecular complexity index is 2790. The van der Waals surface area contributed by atoms with Crippen LogP contribution in [0.5, 0.6) is 0 Å². The largest absolute Gasteiger partial charge is 0.481 e. The maximum Gasteiger partial charge on any atom is 0.314 e. The van der Waals surface area contributed by atoms with Crippen molar-refractivity contribution in [3.63, 3.8) is 0 Å². The van der Waals surface area contributed by atoms with Crippen LogP contribution in [0, 0.1) is 12.7 Å². The van der Waals surface area contributed by atoms with Crippen molar-refractivity contribution in [2.24, 2.45) is 0 Å². The number of carbonyl (C=O) groups excluding carboxylic acids is 3. The number of nitrogens with zero attached hydrogens (tertiary/aromatic N) is 4. The van der Waals surface area contributed by atoms with Crippen molar-refractivity contribution in [3.8, 4) is 22.6 Å². The van der Waals surface area contributed by atoms with Crippen LogP contribution in [0.1, 0.15) is 81.9 Å². The van der Waals surface area contributed by atoms with E-state index in [4.69, 9.17) is 4.52 Å². The molecule has 2 aliphatic rings. The van der Waals surface area contributed by atoms with E-state index in [0.717, 1.165) is 33.4 Å². The standard InChI is InChI=1S/C30H30N4O3.C25H22FNO3/c1-21(23-9-5-3-6-10-23)31-29(36)30(26-11-7-4-8-12-26)17-19-34(20-18-30)28(35)25-15-13-24(14-16-25)27-32-22(2)33-37-27;26-22-12-10-19(11-13-22)18-6-8-20(9-7-18)23(28)27-16-14-25(15-17-27,24(29)30)21-4-2-1-3-5-21/h3-16,21H,17-20H2,1-2H3,(H,31,36);1-13H,14-17H2,(H,29,30)/t21-;/m0./s1. The summed E-state index contributed by atoms with van der Waals surface area (Å²) < 4.78 is 18.3. The zero-order valence-electron chi connectivity index (χ0n) is 37.5. The summed E-state index contributed by atoms with van der Waals surface area (Å²) in [5.41, 5.74) is 4.88. The Hall–Kier alpha value is -7.73. The molecule has 0 saturated carbocycles. The number of hydrogen-bond acceptors (Lipinski definition) is 7. The van der Waals surface area contributed by atoms with Crippen LogP contribution < -0.4 is 5.32 Å². The van der Waals surface area contributed by atoms with Gasteiger partial charge in [-0.1, -0.05) is 120 Å². The second kappa shape index (κ2) is 20.2. The number of carbonyl (C=O) groups is 4. The van der Waals surface area contributed by atoms with E-state index in [0.29, 0.717) is 74.7 Å². The highest BCUT2D eigenvalue weighted by Gasteiger charge is 2.45. The minimum atomic E-state index is -0.954. The minimum absolute atomic E-state index is 0.00126. The van der Waals surface area contributed by atoms with Crippen LogP contribution in [0.4, 0.5) is 4.39 Å². The molecule has 7 aromatic rings. The Morgan fingerprint density at radius 2 is 1.01 bits per heavy atom. The van der Waals surface area contributed by atoms with E-state index in [1.54, 1.807) is 48.2 Å². The fourth-order valence-electron chi connectivity index (χ4n) is 9.11. The molecule has 2 N–H and O–H groups in total. The van der Waals surface area contributed by atoms with Gasteiger partial charge in [-0.15, -0.1) is 0 Å². The van der Waals surface area contributed by atoms with Crippen molar-refractivity contribution in [3.05, 3.63) is 203 Å². The summed E-state index contributed by atoms with van der Waals surface area (Å²) in [5, 5.41) is 17.0. The molecule has 2 fully saturated rings. The van der Waals surface area contributed by atoms with Gasteiger partial charge in [0.2, 0.25) is 5.91 Å². The van der Waals surface area contributed by atoms with Crippen LogP contribution in [-0.2, 0) is 20.4 Å². The van der Waals surface area contributed by atoms with Gasteiger partial charge in [0.25, 0.3) is 17.7 Å². The first-order valence-electron chi connectivity index (χ1n) is 22.5. The number of rotatable bonds is 10. The Labute approximate surface area is 389 Å². The van der Waals surface area contributed by atoms with Crippen molar-refractivity contribution in [2.75, 3.05) is 26.2 Å². The average Bonchev–Trinajstić information content (AvgIpc) is 3.83. The van der Waals surface area contributed by atoms with Gasteiger partial charge < -0.3 is 24.7 Å². The average molecular weight is 898 g/mol. The molecule has 9 rings (SSSR count). The van der Waals surface area contributed by atoms with Crippen LogP contribution in [0.2, 0.25) is 0 Å². The van der Waals surface area contributed by atoms with E-state index >= 15 is 0 Å². The van der Waals surface area contributed by atoms with Crippen molar-refractivity contribution in [1.29, 1.82) is 0 Å². The number of carboxylic acid groups (broad SMARTS) is 1. The first-order valence-corrected chi connectivity index (χ1v) is 22.5. The van der Waals surface area contributed by atoms with Gasteiger partial charge in [-0.25, -0.2) is 4.39 Å². The van der Waals surface area contributed by atoms with E-state index in [-0.39, 0.29) is 29.6 Å². The van der Waals surface area contributed by atoms with Gasteiger partial charge in [-0.2, -0.15) is 4.98 Å². The van der Waals surface area contributed by atoms with E-state index in [1.165, 1.54) is 12.1 Å². The number of carboxylic acids is 1. The molecule has 2 aliphatic heterocycles. The fourth-order valence-corrected chi connectivity index (χ4v) is 9.11.